The highest BCUT2D eigenvalue weighted by atomic mass is 16.7. The molecule has 0 aliphatic rings. The van der Waals surface area contributed by atoms with Gasteiger partial charge in [0.15, 0.2) is 12.6 Å². The van der Waals surface area contributed by atoms with Crippen molar-refractivity contribution in [3.63, 3.8) is 0 Å². The summed E-state index contributed by atoms with van der Waals surface area (Å²) in [6.45, 7) is 3.83. The number of ether oxygens (including phenoxy) is 4. The third kappa shape index (κ3) is 11.6. The van der Waals surface area contributed by atoms with Crippen molar-refractivity contribution in [2.75, 3.05) is 40.5 Å². The molecule has 0 aromatic rings. The zero-order valence-electron chi connectivity index (χ0n) is 15.9. The van der Waals surface area contributed by atoms with E-state index < -0.39 is 24.6 Å². The highest BCUT2D eigenvalue weighted by molar-refractivity contribution is 5.55. The molecule has 6 atom stereocenters. The van der Waals surface area contributed by atoms with Gasteiger partial charge >= 0.3 is 0 Å². The Morgan fingerprint density at radius 2 is 1.46 bits per heavy atom. The molecule has 6 unspecified atom stereocenters. The lowest BCUT2D eigenvalue weighted by atomic mass is 10.1. The lowest BCUT2D eigenvalue weighted by molar-refractivity contribution is -0.176. The van der Waals surface area contributed by atoms with E-state index in [1.54, 1.807) is 6.92 Å². The first-order valence-electron chi connectivity index (χ1n) is 8.27. The zero-order valence-corrected chi connectivity index (χ0v) is 15.9. The monoisotopic (exact) mass is 382 g/mol. The Bertz CT molecular complexity index is 344. The van der Waals surface area contributed by atoms with E-state index in [4.69, 9.17) is 35.9 Å². The fourth-order valence-corrected chi connectivity index (χ4v) is 1.65. The molecule has 0 fully saturated rings. The fourth-order valence-electron chi connectivity index (χ4n) is 1.65. The summed E-state index contributed by atoms with van der Waals surface area (Å²) in [5.41, 5.74) is 10.8. The molecule has 6 N–H and O–H groups in total. The van der Waals surface area contributed by atoms with Crippen molar-refractivity contribution in [1.29, 1.82) is 0 Å². The topological polar surface area (TPSA) is 164 Å². The van der Waals surface area contributed by atoms with E-state index in [-0.39, 0.29) is 31.8 Å². The lowest BCUT2D eigenvalue weighted by Gasteiger charge is -2.25. The van der Waals surface area contributed by atoms with Crippen LogP contribution in [-0.2, 0) is 28.5 Å². The molecule has 0 aromatic carbocycles. The number of aliphatic hydroxyl groups excluding tert-OH is 2. The minimum Gasteiger partial charge on any atom is -0.394 e. The van der Waals surface area contributed by atoms with E-state index in [0.29, 0.717) is 19.1 Å². The molecule has 0 aliphatic heterocycles. The van der Waals surface area contributed by atoms with Crippen LogP contribution in [0.4, 0.5) is 0 Å². The predicted octanol–water partition coefficient (Wildman–Crippen LogP) is -1.74. The highest BCUT2D eigenvalue weighted by Crippen LogP contribution is 2.08. The van der Waals surface area contributed by atoms with Crippen molar-refractivity contribution in [3.8, 4) is 0 Å². The Morgan fingerprint density at radius 3 is 1.77 bits per heavy atom. The van der Waals surface area contributed by atoms with E-state index in [1.807, 2.05) is 6.92 Å². The van der Waals surface area contributed by atoms with Gasteiger partial charge in [0.25, 0.3) is 0 Å². The van der Waals surface area contributed by atoms with Crippen LogP contribution in [-0.4, -0.2) is 88.1 Å². The number of hydrogen-bond donors (Lipinski definition) is 4. The molecule has 10 nitrogen and oxygen atoms in total. The summed E-state index contributed by atoms with van der Waals surface area (Å²) in [6, 6.07) is 0. The van der Waals surface area contributed by atoms with Crippen molar-refractivity contribution < 1.29 is 38.7 Å². The van der Waals surface area contributed by atoms with Gasteiger partial charge in [0.05, 0.1) is 25.4 Å². The molecule has 10 heteroatoms. The number of rotatable bonds is 14. The maximum atomic E-state index is 10.3. The molecule has 0 spiro atoms. The van der Waals surface area contributed by atoms with E-state index >= 15 is 0 Å². The summed E-state index contributed by atoms with van der Waals surface area (Å²) in [6.07, 6.45) is -1.39. The van der Waals surface area contributed by atoms with Gasteiger partial charge in [0.1, 0.15) is 6.29 Å². The van der Waals surface area contributed by atoms with Crippen molar-refractivity contribution >= 4 is 12.6 Å². The van der Waals surface area contributed by atoms with Crippen LogP contribution in [0.15, 0.2) is 0 Å². The molecule has 0 rings (SSSR count). The van der Waals surface area contributed by atoms with Crippen molar-refractivity contribution in [2.45, 2.75) is 38.6 Å². The second-order valence-electron chi connectivity index (χ2n) is 5.56. The molecule has 0 heterocycles. The predicted molar refractivity (Wildman–Crippen MR) is 94.1 cm³/mol. The molecular weight excluding hydrogens is 348 g/mol. The summed E-state index contributed by atoms with van der Waals surface area (Å²) in [5.74, 6) is -0.378. The summed E-state index contributed by atoms with van der Waals surface area (Å²) < 4.78 is 19.9. The van der Waals surface area contributed by atoms with Gasteiger partial charge in [-0.1, -0.05) is 13.8 Å². The number of carbonyl (C=O) groups excluding carboxylic acids is 2. The molecule has 26 heavy (non-hydrogen) atoms. The minimum atomic E-state index is -1.03. The summed E-state index contributed by atoms with van der Waals surface area (Å²) >= 11 is 0. The van der Waals surface area contributed by atoms with Gasteiger partial charge < -0.3 is 45.4 Å². The minimum absolute atomic E-state index is 0.0712. The SMILES string of the molecule is COC(C=O)OC(CO)C(C)C=O.COC(CN)OC(CO)C(C)CN. The van der Waals surface area contributed by atoms with Crippen molar-refractivity contribution in [1.82, 2.24) is 0 Å². The average molecular weight is 382 g/mol. The van der Waals surface area contributed by atoms with Gasteiger partial charge in [-0.25, -0.2) is 0 Å². The number of aldehydes is 2. The molecule has 0 bridgehead atoms. The van der Waals surface area contributed by atoms with Gasteiger partial charge in [-0.05, 0) is 12.5 Å². The lowest BCUT2D eigenvalue weighted by Crippen LogP contribution is -2.38. The number of methoxy groups -OCH3 is 2. The standard InChI is InChI=1S/C8H20N2O3.C8H14O5/c1-6(3-9)7(5-11)13-8(4-10)12-2;1-6(3-9)7(4-10)13-8(5-11)12-2/h6-8,11H,3-5,9-10H2,1-2H3;3,5-8,10H,4H2,1-2H3. The Morgan fingerprint density at radius 1 is 0.885 bits per heavy atom. The van der Waals surface area contributed by atoms with Crippen molar-refractivity contribution in [2.24, 2.45) is 23.3 Å². The zero-order chi connectivity index (χ0) is 20.5. The van der Waals surface area contributed by atoms with Crippen LogP contribution in [0.3, 0.4) is 0 Å². The number of hydrogen-bond acceptors (Lipinski definition) is 10. The first kappa shape index (κ1) is 27.2. The molecule has 0 aliphatic carbocycles. The highest BCUT2D eigenvalue weighted by Gasteiger charge is 2.21. The molecule has 0 saturated carbocycles. The smallest absolute Gasteiger partial charge is 0.214 e. The molecule has 156 valence electrons. The van der Waals surface area contributed by atoms with E-state index in [2.05, 4.69) is 4.74 Å². The third-order valence-electron chi connectivity index (χ3n) is 3.60. The number of nitrogens with two attached hydrogens (primary N) is 2. The fraction of sp³-hybridized carbons (Fsp3) is 0.875. The van der Waals surface area contributed by atoms with Crippen LogP contribution in [0.2, 0.25) is 0 Å². The van der Waals surface area contributed by atoms with Crippen LogP contribution in [0, 0.1) is 11.8 Å². The first-order valence-corrected chi connectivity index (χ1v) is 8.27. The van der Waals surface area contributed by atoms with Gasteiger partial charge in [0.2, 0.25) is 6.29 Å². The van der Waals surface area contributed by atoms with Gasteiger partial charge in [-0.2, -0.15) is 0 Å². The Kier molecular flexibility index (Phi) is 18.3. The number of aliphatic hydroxyl groups is 2. The van der Waals surface area contributed by atoms with E-state index in [9.17, 15) is 9.59 Å². The summed E-state index contributed by atoms with van der Waals surface area (Å²) in [5, 5.41) is 17.8. The Balaban J connectivity index is 0. The third-order valence-corrected chi connectivity index (χ3v) is 3.60. The molecule has 0 amide bonds. The molecular formula is C16H34N2O8. The molecule has 0 aromatic heterocycles. The van der Waals surface area contributed by atoms with Crippen LogP contribution in [0.25, 0.3) is 0 Å². The average Bonchev–Trinajstić information content (AvgIpc) is 2.69. The van der Waals surface area contributed by atoms with Crippen LogP contribution in [0.1, 0.15) is 13.8 Å². The normalized spacial score (nSPS) is 17.8. The van der Waals surface area contributed by atoms with Gasteiger partial charge in [-0.3, -0.25) is 4.79 Å². The summed E-state index contributed by atoms with van der Waals surface area (Å²) in [4.78, 5) is 20.6. The quantitative estimate of drug-likeness (QED) is 0.200. The van der Waals surface area contributed by atoms with Crippen LogP contribution in [0.5, 0.6) is 0 Å². The van der Waals surface area contributed by atoms with E-state index in [1.165, 1.54) is 14.2 Å². The largest absolute Gasteiger partial charge is 0.394 e. The van der Waals surface area contributed by atoms with Gasteiger partial charge in [0, 0.05) is 26.7 Å². The maximum absolute atomic E-state index is 10.3. The van der Waals surface area contributed by atoms with Gasteiger partial charge in [-0.15, -0.1) is 0 Å². The summed E-state index contributed by atoms with van der Waals surface area (Å²) in [7, 11) is 2.82. The first-order chi connectivity index (χ1) is 12.4. The Labute approximate surface area is 154 Å². The molecule has 0 saturated heterocycles. The van der Waals surface area contributed by atoms with Crippen LogP contribution >= 0.6 is 0 Å². The Hall–Kier alpha value is -0.980. The second-order valence-corrected chi connectivity index (χ2v) is 5.56. The molecule has 0 radical (unpaired) electrons. The van der Waals surface area contributed by atoms with Crippen LogP contribution < -0.4 is 11.5 Å². The number of carbonyl (C=O) groups is 2. The van der Waals surface area contributed by atoms with E-state index in [0.717, 1.165) is 0 Å². The van der Waals surface area contributed by atoms with Crippen molar-refractivity contribution in [3.05, 3.63) is 0 Å². The second kappa shape index (κ2) is 17.4. The maximum Gasteiger partial charge on any atom is 0.214 e.